The molecular formula is C27H23N3O3. The van der Waals surface area contributed by atoms with Crippen molar-refractivity contribution in [3.05, 3.63) is 95.0 Å². The first-order chi connectivity index (χ1) is 16.2. The second-order valence-electron chi connectivity index (χ2n) is 7.79. The maximum atomic E-state index is 13.5. The number of hydrogen-bond donors (Lipinski definition) is 0. The number of aryl methyl sites for hydroxylation is 2. The van der Waals surface area contributed by atoms with Gasteiger partial charge in [0.1, 0.15) is 11.5 Å². The van der Waals surface area contributed by atoms with Crippen LogP contribution in [0.1, 0.15) is 5.69 Å². The van der Waals surface area contributed by atoms with Gasteiger partial charge < -0.3 is 9.47 Å². The topological polar surface area (TPSA) is 66.2 Å². The van der Waals surface area contributed by atoms with Crippen molar-refractivity contribution < 1.29 is 9.47 Å². The summed E-state index contributed by atoms with van der Waals surface area (Å²) in [5.74, 6) is 1.33. The highest BCUT2D eigenvalue weighted by atomic mass is 16.5. The van der Waals surface area contributed by atoms with Gasteiger partial charge in [-0.2, -0.15) is 5.10 Å². The first-order valence-corrected chi connectivity index (χ1v) is 10.7. The van der Waals surface area contributed by atoms with Gasteiger partial charge in [-0.1, -0.05) is 42.5 Å². The van der Waals surface area contributed by atoms with Crippen molar-refractivity contribution in [2.24, 2.45) is 0 Å². The van der Waals surface area contributed by atoms with Crippen LogP contribution in [0.25, 0.3) is 32.8 Å². The molecule has 0 unspecified atom stereocenters. The zero-order chi connectivity index (χ0) is 22.8. The number of hydrogen-bond acceptors (Lipinski definition) is 5. The van der Waals surface area contributed by atoms with E-state index in [1.54, 1.807) is 20.4 Å². The molecule has 0 bridgehead atoms. The van der Waals surface area contributed by atoms with Crippen molar-refractivity contribution in [1.29, 1.82) is 0 Å². The Morgan fingerprint density at radius 1 is 0.848 bits per heavy atom. The fourth-order valence-electron chi connectivity index (χ4n) is 4.06. The monoisotopic (exact) mass is 437 g/mol. The Labute approximate surface area is 191 Å². The average Bonchev–Trinajstić information content (AvgIpc) is 2.87. The van der Waals surface area contributed by atoms with Crippen molar-refractivity contribution in [2.45, 2.75) is 13.0 Å². The van der Waals surface area contributed by atoms with Crippen molar-refractivity contribution >= 4 is 21.7 Å². The van der Waals surface area contributed by atoms with Crippen LogP contribution in [0.3, 0.4) is 0 Å². The second-order valence-corrected chi connectivity index (χ2v) is 7.79. The lowest BCUT2D eigenvalue weighted by Gasteiger charge is -2.12. The van der Waals surface area contributed by atoms with Gasteiger partial charge in [-0.15, -0.1) is 0 Å². The number of rotatable bonds is 6. The molecule has 0 amide bonds. The Kier molecular flexibility index (Phi) is 5.48. The molecule has 0 saturated carbocycles. The quantitative estimate of drug-likeness (QED) is 0.379. The largest absolute Gasteiger partial charge is 0.497 e. The summed E-state index contributed by atoms with van der Waals surface area (Å²) in [5, 5.41) is 6.92. The van der Waals surface area contributed by atoms with E-state index in [2.05, 4.69) is 11.2 Å². The molecule has 0 fully saturated rings. The van der Waals surface area contributed by atoms with Gasteiger partial charge in [0, 0.05) is 29.0 Å². The zero-order valence-corrected chi connectivity index (χ0v) is 18.5. The molecule has 0 aliphatic carbocycles. The molecule has 5 rings (SSSR count). The molecule has 164 valence electrons. The summed E-state index contributed by atoms with van der Waals surface area (Å²) in [6, 6.07) is 23.4. The maximum Gasteiger partial charge on any atom is 0.275 e. The van der Waals surface area contributed by atoms with Crippen molar-refractivity contribution in [3.8, 4) is 22.6 Å². The van der Waals surface area contributed by atoms with E-state index in [0.717, 1.165) is 33.1 Å². The highest BCUT2D eigenvalue weighted by Crippen LogP contribution is 2.32. The first-order valence-electron chi connectivity index (χ1n) is 10.7. The summed E-state index contributed by atoms with van der Waals surface area (Å²) >= 11 is 0. The van der Waals surface area contributed by atoms with Gasteiger partial charge in [0.25, 0.3) is 5.56 Å². The Balaban J connectivity index is 1.54. The van der Waals surface area contributed by atoms with Gasteiger partial charge in [-0.25, -0.2) is 4.68 Å². The van der Waals surface area contributed by atoms with Crippen molar-refractivity contribution in [2.75, 3.05) is 14.2 Å². The lowest BCUT2D eigenvalue weighted by molar-refractivity contribution is 0.394. The van der Waals surface area contributed by atoms with E-state index in [1.165, 1.54) is 4.68 Å². The van der Waals surface area contributed by atoms with Crippen LogP contribution in [-0.2, 0) is 13.0 Å². The Hall–Kier alpha value is -4.19. The smallest absolute Gasteiger partial charge is 0.275 e. The zero-order valence-electron chi connectivity index (χ0n) is 18.5. The van der Waals surface area contributed by atoms with E-state index < -0.39 is 0 Å². The average molecular weight is 437 g/mol. The molecule has 2 aromatic heterocycles. The van der Waals surface area contributed by atoms with Crippen LogP contribution >= 0.6 is 0 Å². The van der Waals surface area contributed by atoms with Gasteiger partial charge in [-0.05, 0) is 35.4 Å². The predicted molar refractivity (Wildman–Crippen MR) is 130 cm³/mol. The van der Waals surface area contributed by atoms with E-state index in [-0.39, 0.29) is 5.56 Å². The lowest BCUT2D eigenvalue weighted by Crippen LogP contribution is -2.24. The van der Waals surface area contributed by atoms with Crippen LogP contribution < -0.4 is 15.0 Å². The number of aromatic nitrogens is 3. The number of benzene rings is 3. The molecule has 5 aromatic rings. The van der Waals surface area contributed by atoms with E-state index >= 15 is 0 Å². The molecule has 0 aliphatic rings. The van der Waals surface area contributed by atoms with Crippen LogP contribution in [0.15, 0.2) is 83.8 Å². The number of ether oxygens (including phenoxy) is 2. The SMILES string of the molecule is COc1cc(OC)cc(-c2cccc3cnn(CCc4ccc5ccccc5n4)c(=O)c23)c1. The van der Waals surface area contributed by atoms with Crippen LogP contribution in [0.2, 0.25) is 0 Å². The summed E-state index contributed by atoms with van der Waals surface area (Å²) in [7, 11) is 3.22. The molecule has 2 heterocycles. The fraction of sp³-hybridized carbons (Fsp3) is 0.148. The van der Waals surface area contributed by atoms with Crippen molar-refractivity contribution in [1.82, 2.24) is 14.8 Å². The third-order valence-corrected chi connectivity index (χ3v) is 5.78. The molecule has 0 radical (unpaired) electrons. The standard InChI is InChI=1S/C27H23N3O3/c1-32-22-14-20(15-23(16-22)33-2)24-8-5-7-19-17-28-30(27(31)26(19)24)13-12-21-11-10-18-6-3-4-9-25(18)29-21/h3-11,14-17H,12-13H2,1-2H3. The minimum absolute atomic E-state index is 0.134. The number of nitrogens with zero attached hydrogens (tertiary/aromatic N) is 3. The highest BCUT2D eigenvalue weighted by molar-refractivity contribution is 5.96. The number of methoxy groups -OCH3 is 2. The van der Waals surface area contributed by atoms with Gasteiger partial charge in [0.2, 0.25) is 0 Å². The molecular weight excluding hydrogens is 414 g/mol. The van der Waals surface area contributed by atoms with Gasteiger partial charge in [0.05, 0.1) is 37.9 Å². The summed E-state index contributed by atoms with van der Waals surface area (Å²) < 4.78 is 12.4. The second kappa shape index (κ2) is 8.74. The predicted octanol–water partition coefficient (Wildman–Crippen LogP) is 4.87. The third-order valence-electron chi connectivity index (χ3n) is 5.78. The molecule has 0 atom stereocenters. The summed E-state index contributed by atoms with van der Waals surface area (Å²) in [4.78, 5) is 18.2. The molecule has 3 aromatic carbocycles. The van der Waals surface area contributed by atoms with Gasteiger partial charge in [0.15, 0.2) is 0 Å². The fourth-order valence-corrected chi connectivity index (χ4v) is 4.06. The normalized spacial score (nSPS) is 11.1. The van der Waals surface area contributed by atoms with Crippen LogP contribution in [0.5, 0.6) is 11.5 Å². The highest BCUT2D eigenvalue weighted by Gasteiger charge is 2.13. The minimum atomic E-state index is -0.134. The molecule has 0 aliphatic heterocycles. The van der Waals surface area contributed by atoms with E-state index in [1.807, 2.05) is 66.7 Å². The Morgan fingerprint density at radius 3 is 2.39 bits per heavy atom. The lowest BCUT2D eigenvalue weighted by atomic mass is 9.99. The Morgan fingerprint density at radius 2 is 1.61 bits per heavy atom. The van der Waals surface area contributed by atoms with Crippen LogP contribution in [0, 0.1) is 0 Å². The van der Waals surface area contributed by atoms with Crippen LogP contribution in [-0.4, -0.2) is 29.0 Å². The van der Waals surface area contributed by atoms with Gasteiger partial charge >= 0.3 is 0 Å². The van der Waals surface area contributed by atoms with Crippen LogP contribution in [0.4, 0.5) is 0 Å². The number of fused-ring (bicyclic) bond motifs is 2. The Bertz CT molecular complexity index is 1500. The summed E-state index contributed by atoms with van der Waals surface area (Å²) in [6.45, 7) is 0.440. The minimum Gasteiger partial charge on any atom is -0.497 e. The molecule has 33 heavy (non-hydrogen) atoms. The molecule has 6 heteroatoms. The first kappa shape index (κ1) is 20.7. The molecule has 0 N–H and O–H groups in total. The van der Waals surface area contributed by atoms with E-state index in [9.17, 15) is 4.79 Å². The number of para-hydroxylation sites is 1. The van der Waals surface area contributed by atoms with E-state index in [4.69, 9.17) is 14.5 Å². The van der Waals surface area contributed by atoms with E-state index in [0.29, 0.717) is 29.9 Å². The molecule has 0 saturated heterocycles. The molecule has 6 nitrogen and oxygen atoms in total. The maximum absolute atomic E-state index is 13.5. The van der Waals surface area contributed by atoms with Crippen molar-refractivity contribution in [3.63, 3.8) is 0 Å². The summed E-state index contributed by atoms with van der Waals surface area (Å²) in [5.41, 5.74) is 3.40. The number of pyridine rings is 1. The molecule has 0 spiro atoms. The third kappa shape index (κ3) is 4.03. The summed E-state index contributed by atoms with van der Waals surface area (Å²) in [6.07, 6.45) is 2.35. The van der Waals surface area contributed by atoms with Gasteiger partial charge in [-0.3, -0.25) is 9.78 Å².